The van der Waals surface area contributed by atoms with E-state index in [1.807, 2.05) is 24.3 Å². The van der Waals surface area contributed by atoms with Crippen LogP contribution in [-0.2, 0) is 4.79 Å². The van der Waals surface area contributed by atoms with Gasteiger partial charge in [0.15, 0.2) is 5.16 Å². The predicted octanol–water partition coefficient (Wildman–Crippen LogP) is 2.52. The molecule has 0 aliphatic rings. The van der Waals surface area contributed by atoms with Gasteiger partial charge in [-0.25, -0.2) is 4.98 Å². The van der Waals surface area contributed by atoms with E-state index >= 15 is 0 Å². The molecule has 0 saturated heterocycles. The second kappa shape index (κ2) is 4.85. The van der Waals surface area contributed by atoms with Crippen molar-refractivity contribution in [2.24, 2.45) is 0 Å². The zero-order chi connectivity index (χ0) is 11.4. The molecule has 2 rings (SSSR count). The number of aromatic amines is 1. The lowest BCUT2D eigenvalue weighted by Gasteiger charge is -2.07. The van der Waals surface area contributed by atoms with E-state index in [1.54, 1.807) is 12.4 Å². The van der Waals surface area contributed by atoms with Crippen LogP contribution >= 0.6 is 11.8 Å². The average molecular weight is 233 g/mol. The van der Waals surface area contributed by atoms with Crippen LogP contribution in [0.4, 0.5) is 5.69 Å². The van der Waals surface area contributed by atoms with Crippen molar-refractivity contribution in [2.75, 3.05) is 5.32 Å². The molecular formula is C11H11N3OS. The summed E-state index contributed by atoms with van der Waals surface area (Å²) >= 11 is 1.48. The number of hydrogen-bond donors (Lipinski definition) is 2. The zero-order valence-corrected chi connectivity index (χ0v) is 9.54. The van der Waals surface area contributed by atoms with Crippen LogP contribution < -0.4 is 5.32 Å². The van der Waals surface area contributed by atoms with Gasteiger partial charge in [0.25, 0.3) is 0 Å². The Balaban J connectivity index is 2.22. The molecule has 2 aromatic rings. The number of hydrogen-bond acceptors (Lipinski definition) is 3. The smallest absolute Gasteiger partial charge is 0.221 e. The van der Waals surface area contributed by atoms with Gasteiger partial charge < -0.3 is 10.3 Å². The van der Waals surface area contributed by atoms with E-state index in [2.05, 4.69) is 15.3 Å². The number of anilines is 1. The molecular weight excluding hydrogens is 222 g/mol. The fourth-order valence-corrected chi connectivity index (χ4v) is 2.08. The normalized spacial score (nSPS) is 10.1. The first kappa shape index (κ1) is 10.8. The SMILES string of the molecule is CC(=O)Nc1ccccc1Sc1ncc[nH]1. The molecule has 0 radical (unpaired) electrons. The predicted molar refractivity (Wildman–Crippen MR) is 63.5 cm³/mol. The van der Waals surface area contributed by atoms with Gasteiger partial charge in [0.05, 0.1) is 5.69 Å². The quantitative estimate of drug-likeness (QED) is 0.856. The molecule has 1 amide bonds. The molecule has 0 fully saturated rings. The summed E-state index contributed by atoms with van der Waals surface area (Å²) in [6.07, 6.45) is 3.46. The highest BCUT2D eigenvalue weighted by molar-refractivity contribution is 7.99. The number of para-hydroxylation sites is 1. The Hall–Kier alpha value is -1.75. The third kappa shape index (κ3) is 2.64. The topological polar surface area (TPSA) is 57.8 Å². The molecule has 5 heteroatoms. The number of amides is 1. The van der Waals surface area contributed by atoms with Crippen molar-refractivity contribution < 1.29 is 4.79 Å². The van der Waals surface area contributed by atoms with Crippen LogP contribution in [0.25, 0.3) is 0 Å². The van der Waals surface area contributed by atoms with Gasteiger partial charge in [0, 0.05) is 24.2 Å². The molecule has 4 nitrogen and oxygen atoms in total. The number of H-pyrrole nitrogens is 1. The van der Waals surface area contributed by atoms with E-state index in [9.17, 15) is 4.79 Å². The molecule has 0 aliphatic carbocycles. The van der Waals surface area contributed by atoms with Gasteiger partial charge in [-0.2, -0.15) is 0 Å². The monoisotopic (exact) mass is 233 g/mol. The molecule has 0 bridgehead atoms. The third-order valence-electron chi connectivity index (χ3n) is 1.88. The van der Waals surface area contributed by atoms with E-state index in [0.29, 0.717) is 0 Å². The summed E-state index contributed by atoms with van der Waals surface area (Å²) in [5.41, 5.74) is 0.802. The van der Waals surface area contributed by atoms with Crippen LogP contribution in [0.3, 0.4) is 0 Å². The first-order valence-electron chi connectivity index (χ1n) is 4.79. The lowest BCUT2D eigenvalue weighted by atomic mass is 10.3. The molecule has 1 aromatic heterocycles. The van der Waals surface area contributed by atoms with Gasteiger partial charge in [0.1, 0.15) is 0 Å². The summed E-state index contributed by atoms with van der Waals surface area (Å²) in [5, 5.41) is 3.59. The first-order valence-corrected chi connectivity index (χ1v) is 5.61. The number of benzene rings is 1. The van der Waals surface area contributed by atoms with Crippen molar-refractivity contribution in [3.8, 4) is 0 Å². The maximum Gasteiger partial charge on any atom is 0.221 e. The highest BCUT2D eigenvalue weighted by Crippen LogP contribution is 2.30. The molecule has 0 atom stereocenters. The minimum Gasteiger partial charge on any atom is -0.339 e. The highest BCUT2D eigenvalue weighted by Gasteiger charge is 2.05. The molecule has 1 aromatic carbocycles. The van der Waals surface area contributed by atoms with Gasteiger partial charge in [-0.3, -0.25) is 4.79 Å². The third-order valence-corrected chi connectivity index (χ3v) is 2.87. The number of nitrogens with one attached hydrogen (secondary N) is 2. The lowest BCUT2D eigenvalue weighted by molar-refractivity contribution is -0.114. The van der Waals surface area contributed by atoms with Crippen LogP contribution in [0.2, 0.25) is 0 Å². The maximum atomic E-state index is 11.0. The maximum absolute atomic E-state index is 11.0. The molecule has 2 N–H and O–H groups in total. The number of carbonyl (C=O) groups excluding carboxylic acids is 1. The number of rotatable bonds is 3. The molecule has 0 saturated carbocycles. The summed E-state index contributed by atoms with van der Waals surface area (Å²) in [4.78, 5) is 19.1. The Morgan fingerprint density at radius 1 is 1.44 bits per heavy atom. The molecule has 0 unspecified atom stereocenters. The molecule has 1 heterocycles. The van der Waals surface area contributed by atoms with Crippen LogP contribution in [-0.4, -0.2) is 15.9 Å². The summed E-state index contributed by atoms with van der Waals surface area (Å²) in [5.74, 6) is -0.0764. The van der Waals surface area contributed by atoms with Gasteiger partial charge in [0.2, 0.25) is 5.91 Å². The standard InChI is InChI=1S/C11H11N3OS/c1-8(15)14-9-4-2-3-5-10(9)16-11-12-6-7-13-11/h2-7H,1H3,(H,12,13)(H,14,15). The Kier molecular flexibility index (Phi) is 3.26. The number of aromatic nitrogens is 2. The number of nitrogens with zero attached hydrogens (tertiary/aromatic N) is 1. The summed E-state index contributed by atoms with van der Waals surface area (Å²) < 4.78 is 0. The zero-order valence-electron chi connectivity index (χ0n) is 8.73. The Labute approximate surface area is 97.5 Å². The van der Waals surface area contributed by atoms with E-state index in [-0.39, 0.29) is 5.91 Å². The van der Waals surface area contributed by atoms with Crippen LogP contribution in [0.15, 0.2) is 46.7 Å². The van der Waals surface area contributed by atoms with E-state index in [1.165, 1.54) is 18.7 Å². The first-order chi connectivity index (χ1) is 7.75. The average Bonchev–Trinajstić information content (AvgIpc) is 2.73. The fraction of sp³-hybridized carbons (Fsp3) is 0.0909. The number of imidazole rings is 1. The molecule has 82 valence electrons. The lowest BCUT2D eigenvalue weighted by Crippen LogP contribution is -2.06. The largest absolute Gasteiger partial charge is 0.339 e. The minimum absolute atomic E-state index is 0.0764. The summed E-state index contributed by atoms with van der Waals surface area (Å²) in [7, 11) is 0. The van der Waals surface area contributed by atoms with Gasteiger partial charge in [-0.05, 0) is 23.9 Å². The van der Waals surface area contributed by atoms with E-state index in [4.69, 9.17) is 0 Å². The summed E-state index contributed by atoms with van der Waals surface area (Å²) in [6, 6.07) is 7.62. The Morgan fingerprint density at radius 2 is 2.25 bits per heavy atom. The van der Waals surface area contributed by atoms with Gasteiger partial charge >= 0.3 is 0 Å². The van der Waals surface area contributed by atoms with Crippen LogP contribution in [0.5, 0.6) is 0 Å². The molecule has 0 spiro atoms. The summed E-state index contributed by atoms with van der Waals surface area (Å²) in [6.45, 7) is 1.49. The van der Waals surface area contributed by atoms with Crippen molar-refractivity contribution in [2.45, 2.75) is 17.0 Å². The molecule has 0 aliphatic heterocycles. The van der Waals surface area contributed by atoms with Crippen molar-refractivity contribution in [3.63, 3.8) is 0 Å². The van der Waals surface area contributed by atoms with Crippen molar-refractivity contribution in [1.82, 2.24) is 9.97 Å². The van der Waals surface area contributed by atoms with Crippen LogP contribution in [0.1, 0.15) is 6.92 Å². The fourth-order valence-electron chi connectivity index (χ4n) is 1.26. The Bertz CT molecular complexity index is 482. The second-order valence-corrected chi connectivity index (χ2v) is 4.20. The minimum atomic E-state index is -0.0764. The van der Waals surface area contributed by atoms with Gasteiger partial charge in [-0.15, -0.1) is 0 Å². The Morgan fingerprint density at radius 3 is 2.94 bits per heavy atom. The van der Waals surface area contributed by atoms with Crippen molar-refractivity contribution >= 4 is 23.4 Å². The van der Waals surface area contributed by atoms with Crippen LogP contribution in [0, 0.1) is 0 Å². The van der Waals surface area contributed by atoms with Crippen molar-refractivity contribution in [1.29, 1.82) is 0 Å². The van der Waals surface area contributed by atoms with E-state index in [0.717, 1.165) is 15.7 Å². The number of carbonyl (C=O) groups is 1. The van der Waals surface area contributed by atoms with Gasteiger partial charge in [-0.1, -0.05) is 12.1 Å². The highest BCUT2D eigenvalue weighted by atomic mass is 32.2. The second-order valence-electron chi connectivity index (χ2n) is 3.17. The molecule has 16 heavy (non-hydrogen) atoms. The van der Waals surface area contributed by atoms with Crippen molar-refractivity contribution in [3.05, 3.63) is 36.7 Å². The van der Waals surface area contributed by atoms with E-state index < -0.39 is 0 Å².